The van der Waals surface area contributed by atoms with Gasteiger partial charge < -0.3 is 10.5 Å². The van der Waals surface area contributed by atoms with Crippen molar-refractivity contribution in [1.29, 1.82) is 0 Å². The van der Waals surface area contributed by atoms with Gasteiger partial charge in [-0.2, -0.15) is 0 Å². The minimum absolute atomic E-state index is 0. The van der Waals surface area contributed by atoms with Crippen molar-refractivity contribution in [3.05, 3.63) is 29.8 Å². The van der Waals surface area contributed by atoms with E-state index in [1.165, 1.54) is 18.4 Å². The van der Waals surface area contributed by atoms with Crippen molar-refractivity contribution in [2.75, 3.05) is 26.2 Å². The second kappa shape index (κ2) is 8.50. The van der Waals surface area contributed by atoms with Crippen LogP contribution in [-0.2, 0) is 0 Å². The number of hydrogen-bond donors (Lipinski definition) is 1. The van der Waals surface area contributed by atoms with Crippen molar-refractivity contribution in [3.63, 3.8) is 0 Å². The molecule has 0 amide bonds. The number of rotatable bonds is 5. The fraction of sp³-hybridized carbons (Fsp3) is 0.625. The third-order valence-corrected chi connectivity index (χ3v) is 4.01. The molecule has 1 fully saturated rings. The number of likely N-dealkylation sites (tertiary alicyclic amines) is 1. The van der Waals surface area contributed by atoms with Gasteiger partial charge in [0, 0.05) is 19.1 Å². The van der Waals surface area contributed by atoms with Gasteiger partial charge in [0.2, 0.25) is 0 Å². The molecule has 0 aromatic heterocycles. The van der Waals surface area contributed by atoms with Gasteiger partial charge >= 0.3 is 0 Å². The van der Waals surface area contributed by atoms with E-state index in [0.717, 1.165) is 37.9 Å². The molecule has 0 aliphatic carbocycles. The lowest BCUT2D eigenvalue weighted by molar-refractivity contribution is 0.103. The van der Waals surface area contributed by atoms with Crippen molar-refractivity contribution < 1.29 is 4.74 Å². The van der Waals surface area contributed by atoms with Gasteiger partial charge in [-0.15, -0.1) is 12.4 Å². The number of nitrogens with zero attached hydrogens (tertiary/aromatic N) is 1. The van der Waals surface area contributed by atoms with Gasteiger partial charge in [0.15, 0.2) is 0 Å². The third-order valence-electron chi connectivity index (χ3n) is 4.01. The summed E-state index contributed by atoms with van der Waals surface area (Å²) in [5, 5.41) is 0. The number of hydrogen-bond acceptors (Lipinski definition) is 3. The summed E-state index contributed by atoms with van der Waals surface area (Å²) in [7, 11) is 0. The molecular formula is C16H27ClN2O. The molecule has 2 rings (SSSR count). The molecule has 1 aromatic rings. The van der Waals surface area contributed by atoms with Crippen LogP contribution in [-0.4, -0.2) is 37.2 Å². The summed E-state index contributed by atoms with van der Waals surface area (Å²) in [4.78, 5) is 2.48. The van der Waals surface area contributed by atoms with E-state index in [9.17, 15) is 0 Å². The molecule has 1 aromatic carbocycles. The van der Waals surface area contributed by atoms with Crippen LogP contribution < -0.4 is 10.5 Å². The molecule has 1 heterocycles. The lowest BCUT2D eigenvalue weighted by Crippen LogP contribution is -2.47. The van der Waals surface area contributed by atoms with Gasteiger partial charge in [0.05, 0.1) is 0 Å². The topological polar surface area (TPSA) is 38.5 Å². The standard InChI is InChI=1S/C16H26N2O.ClH/c1-13-4-3-5-16(11-13)19-9-8-18-7-6-14(2)10-15(18)12-17;/h3-5,11,14-15H,6-10,12,17H2,1-2H3;1H. The van der Waals surface area contributed by atoms with Crippen LogP contribution in [0.2, 0.25) is 0 Å². The Labute approximate surface area is 128 Å². The number of halogens is 1. The van der Waals surface area contributed by atoms with Crippen molar-refractivity contribution >= 4 is 12.4 Å². The highest BCUT2D eigenvalue weighted by molar-refractivity contribution is 5.85. The highest BCUT2D eigenvalue weighted by Crippen LogP contribution is 2.21. The first-order chi connectivity index (χ1) is 9.19. The monoisotopic (exact) mass is 298 g/mol. The zero-order valence-corrected chi connectivity index (χ0v) is 13.4. The van der Waals surface area contributed by atoms with Crippen LogP contribution in [0.1, 0.15) is 25.3 Å². The maximum Gasteiger partial charge on any atom is 0.119 e. The Morgan fingerprint density at radius 1 is 1.40 bits per heavy atom. The van der Waals surface area contributed by atoms with Gasteiger partial charge in [0.25, 0.3) is 0 Å². The lowest BCUT2D eigenvalue weighted by atomic mass is 9.92. The molecule has 2 atom stereocenters. The fourth-order valence-corrected chi connectivity index (χ4v) is 2.83. The maximum atomic E-state index is 5.88. The van der Waals surface area contributed by atoms with E-state index >= 15 is 0 Å². The molecule has 3 nitrogen and oxygen atoms in total. The summed E-state index contributed by atoms with van der Waals surface area (Å²) >= 11 is 0. The van der Waals surface area contributed by atoms with Gasteiger partial charge in [-0.1, -0.05) is 19.1 Å². The van der Waals surface area contributed by atoms with Crippen LogP contribution in [0.3, 0.4) is 0 Å². The zero-order valence-electron chi connectivity index (χ0n) is 12.5. The first-order valence-corrected chi connectivity index (χ1v) is 7.32. The number of ether oxygens (including phenoxy) is 1. The Kier molecular flexibility index (Phi) is 7.35. The van der Waals surface area contributed by atoms with Crippen LogP contribution in [0.4, 0.5) is 0 Å². The van der Waals surface area contributed by atoms with Gasteiger partial charge in [-0.3, -0.25) is 4.90 Å². The molecule has 1 aliphatic rings. The van der Waals surface area contributed by atoms with Crippen molar-refractivity contribution in [2.24, 2.45) is 11.7 Å². The molecule has 0 bridgehead atoms. The first kappa shape index (κ1) is 17.3. The minimum Gasteiger partial charge on any atom is -0.492 e. The molecule has 1 aliphatic heterocycles. The molecule has 0 spiro atoms. The highest BCUT2D eigenvalue weighted by Gasteiger charge is 2.24. The fourth-order valence-electron chi connectivity index (χ4n) is 2.83. The Morgan fingerprint density at radius 3 is 2.90 bits per heavy atom. The molecule has 114 valence electrons. The Balaban J connectivity index is 0.00000200. The largest absolute Gasteiger partial charge is 0.492 e. The molecule has 1 saturated heterocycles. The van der Waals surface area contributed by atoms with Crippen LogP contribution in [0.5, 0.6) is 5.75 Å². The average molecular weight is 299 g/mol. The van der Waals surface area contributed by atoms with E-state index < -0.39 is 0 Å². The van der Waals surface area contributed by atoms with E-state index in [1.807, 2.05) is 12.1 Å². The predicted octanol–water partition coefficient (Wildman–Crippen LogP) is 2.85. The summed E-state index contributed by atoms with van der Waals surface area (Å²) < 4.78 is 5.83. The highest BCUT2D eigenvalue weighted by atomic mass is 35.5. The van der Waals surface area contributed by atoms with Gasteiger partial charge in [-0.25, -0.2) is 0 Å². The van der Waals surface area contributed by atoms with Crippen molar-refractivity contribution in [3.8, 4) is 5.75 Å². The number of nitrogens with two attached hydrogens (primary N) is 1. The first-order valence-electron chi connectivity index (χ1n) is 7.32. The van der Waals surface area contributed by atoms with Crippen molar-refractivity contribution in [1.82, 2.24) is 4.90 Å². The molecule has 0 saturated carbocycles. The van der Waals surface area contributed by atoms with Gasteiger partial charge in [-0.05, 0) is 49.9 Å². The summed E-state index contributed by atoms with van der Waals surface area (Å²) in [5.74, 6) is 1.78. The maximum absolute atomic E-state index is 5.88. The van der Waals surface area contributed by atoms with Crippen LogP contribution in [0.15, 0.2) is 24.3 Å². The second-order valence-electron chi connectivity index (χ2n) is 5.72. The molecule has 2 unspecified atom stereocenters. The van der Waals surface area contributed by atoms with Gasteiger partial charge in [0.1, 0.15) is 12.4 Å². The molecule has 20 heavy (non-hydrogen) atoms. The number of benzene rings is 1. The summed E-state index contributed by atoms with van der Waals surface area (Å²) in [6.45, 7) is 8.04. The molecule has 4 heteroatoms. The summed E-state index contributed by atoms with van der Waals surface area (Å²) in [5.41, 5.74) is 7.12. The van der Waals surface area contributed by atoms with E-state index in [2.05, 4.69) is 30.9 Å². The zero-order chi connectivity index (χ0) is 13.7. The molecule has 2 N–H and O–H groups in total. The predicted molar refractivity (Wildman–Crippen MR) is 86.7 cm³/mol. The average Bonchev–Trinajstić information content (AvgIpc) is 2.40. The Hall–Kier alpha value is -0.770. The number of aryl methyl sites for hydroxylation is 1. The second-order valence-corrected chi connectivity index (χ2v) is 5.72. The Bertz CT molecular complexity index is 400. The van der Waals surface area contributed by atoms with E-state index in [1.54, 1.807) is 0 Å². The summed E-state index contributed by atoms with van der Waals surface area (Å²) in [6, 6.07) is 8.76. The minimum atomic E-state index is 0. The summed E-state index contributed by atoms with van der Waals surface area (Å²) in [6.07, 6.45) is 2.50. The van der Waals surface area contributed by atoms with E-state index in [-0.39, 0.29) is 12.4 Å². The third kappa shape index (κ3) is 4.97. The number of piperidine rings is 1. The normalized spacial score (nSPS) is 23.1. The Morgan fingerprint density at radius 2 is 2.20 bits per heavy atom. The van der Waals surface area contributed by atoms with Crippen LogP contribution in [0.25, 0.3) is 0 Å². The van der Waals surface area contributed by atoms with E-state index in [4.69, 9.17) is 10.5 Å². The van der Waals surface area contributed by atoms with Crippen LogP contribution in [0, 0.1) is 12.8 Å². The van der Waals surface area contributed by atoms with Crippen LogP contribution >= 0.6 is 12.4 Å². The molecule has 0 radical (unpaired) electrons. The SMILES string of the molecule is Cc1cccc(OCCN2CCC(C)CC2CN)c1.Cl. The smallest absolute Gasteiger partial charge is 0.119 e. The lowest BCUT2D eigenvalue weighted by Gasteiger charge is -2.37. The quantitative estimate of drug-likeness (QED) is 0.908. The van der Waals surface area contributed by atoms with Crippen molar-refractivity contribution in [2.45, 2.75) is 32.7 Å². The van der Waals surface area contributed by atoms with E-state index in [0.29, 0.717) is 6.04 Å². The molecular weight excluding hydrogens is 272 g/mol.